The van der Waals surface area contributed by atoms with Gasteiger partial charge in [-0.25, -0.2) is 0 Å². The summed E-state index contributed by atoms with van der Waals surface area (Å²) in [5, 5.41) is 0. The van der Waals surface area contributed by atoms with Crippen LogP contribution in [0.3, 0.4) is 0 Å². The van der Waals surface area contributed by atoms with Gasteiger partial charge in [0.1, 0.15) is 0 Å². The zero-order valence-corrected chi connectivity index (χ0v) is 12.0. The van der Waals surface area contributed by atoms with E-state index in [0.717, 1.165) is 9.80 Å². The van der Waals surface area contributed by atoms with E-state index in [1.165, 1.54) is 11.8 Å². The Labute approximate surface area is 109 Å². The molecule has 0 saturated carbocycles. The molecule has 0 fully saturated rings. The Hall–Kier alpha value is -0.940. The maximum atomic E-state index is 11.4. The Morgan fingerprint density at radius 1 is 1.29 bits per heavy atom. The highest BCUT2D eigenvalue weighted by Gasteiger charge is 2.05. The van der Waals surface area contributed by atoms with Crippen LogP contribution < -0.4 is 9.47 Å². The second kappa shape index (κ2) is 6.71. The van der Waals surface area contributed by atoms with E-state index in [1.807, 2.05) is 30.5 Å². The lowest BCUT2D eigenvalue weighted by Gasteiger charge is -2.08. The molecule has 0 aliphatic carbocycles. The molecule has 0 heterocycles. The van der Waals surface area contributed by atoms with Crippen molar-refractivity contribution in [2.24, 2.45) is 0 Å². The third kappa shape index (κ3) is 3.78. The van der Waals surface area contributed by atoms with Crippen molar-refractivity contribution in [2.45, 2.75) is 0 Å². The number of thioether (sulfide) groups is 1. The van der Waals surface area contributed by atoms with Crippen molar-refractivity contribution in [1.82, 2.24) is 0 Å². The van der Waals surface area contributed by atoms with Gasteiger partial charge in [-0.05, 0) is 30.0 Å². The van der Waals surface area contributed by atoms with E-state index >= 15 is 0 Å². The van der Waals surface area contributed by atoms with E-state index in [-0.39, 0.29) is 0 Å². The van der Waals surface area contributed by atoms with Crippen LogP contribution in [0, 0.1) is 0 Å². The summed E-state index contributed by atoms with van der Waals surface area (Å²) in [5.41, 5.74) is 0.946. The first-order chi connectivity index (χ1) is 8.12. The lowest BCUT2D eigenvalue weighted by molar-refractivity contribution is 0.355. The smallest absolute Gasteiger partial charge is 0.161 e. The summed E-state index contributed by atoms with van der Waals surface area (Å²) in [4.78, 5) is 0. The molecule has 1 aromatic carbocycles. The van der Waals surface area contributed by atoms with Crippen LogP contribution in [0.15, 0.2) is 22.4 Å². The van der Waals surface area contributed by atoms with Crippen molar-refractivity contribution >= 4 is 28.6 Å². The van der Waals surface area contributed by atoms with Crippen LogP contribution >= 0.6 is 11.8 Å². The van der Waals surface area contributed by atoms with Crippen LogP contribution in [0.1, 0.15) is 5.56 Å². The molecule has 0 aliphatic heterocycles. The number of rotatable bonds is 5. The average molecular weight is 272 g/mol. The van der Waals surface area contributed by atoms with Crippen molar-refractivity contribution in [2.75, 3.05) is 26.7 Å². The van der Waals surface area contributed by atoms with Crippen molar-refractivity contribution in [3.63, 3.8) is 0 Å². The summed E-state index contributed by atoms with van der Waals surface area (Å²) in [7, 11) is 2.23. The first-order valence-electron chi connectivity index (χ1n) is 4.93. The Morgan fingerprint density at radius 2 is 1.94 bits per heavy atom. The predicted molar refractivity (Wildman–Crippen MR) is 75.1 cm³/mol. The Kier molecular flexibility index (Phi) is 5.58. The van der Waals surface area contributed by atoms with Gasteiger partial charge in [0.05, 0.1) is 29.3 Å². The molecule has 0 aromatic heterocycles. The van der Waals surface area contributed by atoms with Gasteiger partial charge in [0.15, 0.2) is 11.5 Å². The molecule has 0 radical (unpaired) electrons. The molecular formula is C12H16O3S2. The van der Waals surface area contributed by atoms with Gasteiger partial charge >= 0.3 is 0 Å². The zero-order chi connectivity index (χ0) is 12.8. The van der Waals surface area contributed by atoms with Gasteiger partial charge in [0.25, 0.3) is 0 Å². The first kappa shape index (κ1) is 14.1. The molecule has 0 saturated heterocycles. The molecular weight excluding hydrogens is 256 g/mol. The fourth-order valence-corrected chi connectivity index (χ4v) is 2.83. The normalized spacial score (nSPS) is 13.3. The third-order valence-electron chi connectivity index (χ3n) is 2.18. The van der Waals surface area contributed by atoms with Crippen LogP contribution in [0.25, 0.3) is 6.08 Å². The van der Waals surface area contributed by atoms with Crippen molar-refractivity contribution < 1.29 is 13.7 Å². The zero-order valence-electron chi connectivity index (χ0n) is 10.4. The third-order valence-corrected chi connectivity index (χ3v) is 4.59. The number of ether oxygens (including phenoxy) is 2. The van der Waals surface area contributed by atoms with E-state index in [9.17, 15) is 4.21 Å². The van der Waals surface area contributed by atoms with E-state index < -0.39 is 10.8 Å². The van der Waals surface area contributed by atoms with E-state index in [1.54, 1.807) is 20.5 Å². The number of benzene rings is 1. The highest BCUT2D eigenvalue weighted by molar-refractivity contribution is 8.16. The second-order valence-electron chi connectivity index (χ2n) is 3.24. The summed E-state index contributed by atoms with van der Waals surface area (Å²) < 4.78 is 22.6. The minimum atomic E-state index is -0.968. The van der Waals surface area contributed by atoms with Crippen LogP contribution in [0.5, 0.6) is 11.5 Å². The molecule has 94 valence electrons. The Balaban J connectivity index is 3.11. The van der Waals surface area contributed by atoms with Gasteiger partial charge in [0, 0.05) is 6.26 Å². The van der Waals surface area contributed by atoms with Crippen LogP contribution in [0.4, 0.5) is 0 Å². The second-order valence-corrected chi connectivity index (χ2v) is 5.69. The first-order valence-corrected chi connectivity index (χ1v) is 7.71. The summed E-state index contributed by atoms with van der Waals surface area (Å²) in [6.45, 7) is 0. The molecule has 1 unspecified atom stereocenters. The van der Waals surface area contributed by atoms with Crippen LogP contribution in [0.2, 0.25) is 0 Å². The SMILES string of the molecule is COc1ccc(/C=C(\SC)S(C)=O)cc1OC. The van der Waals surface area contributed by atoms with E-state index in [2.05, 4.69) is 0 Å². The standard InChI is InChI=1S/C12H16O3S2/c1-14-10-6-5-9(7-11(10)15-2)8-12(16-3)17(4)13/h5-8H,1-4H3/b12-8+. The molecule has 0 spiro atoms. The number of hydrogen-bond donors (Lipinski definition) is 0. The molecule has 0 aliphatic rings. The Morgan fingerprint density at radius 3 is 2.41 bits per heavy atom. The topological polar surface area (TPSA) is 35.5 Å². The van der Waals surface area contributed by atoms with Crippen LogP contribution in [-0.4, -0.2) is 30.9 Å². The monoisotopic (exact) mass is 272 g/mol. The molecule has 17 heavy (non-hydrogen) atoms. The quantitative estimate of drug-likeness (QED) is 0.825. The largest absolute Gasteiger partial charge is 0.493 e. The van der Waals surface area contributed by atoms with Gasteiger partial charge in [-0.15, -0.1) is 11.8 Å². The molecule has 0 bridgehead atoms. The molecule has 0 amide bonds. The van der Waals surface area contributed by atoms with Crippen molar-refractivity contribution in [1.29, 1.82) is 0 Å². The lowest BCUT2D eigenvalue weighted by Crippen LogP contribution is -1.91. The minimum absolute atomic E-state index is 0.670. The lowest BCUT2D eigenvalue weighted by atomic mass is 10.2. The van der Waals surface area contributed by atoms with Crippen molar-refractivity contribution in [3.05, 3.63) is 28.0 Å². The van der Waals surface area contributed by atoms with Gasteiger partial charge < -0.3 is 9.47 Å². The molecule has 0 N–H and O–H groups in total. The van der Waals surface area contributed by atoms with E-state index in [0.29, 0.717) is 11.5 Å². The molecule has 1 atom stereocenters. The maximum Gasteiger partial charge on any atom is 0.161 e. The predicted octanol–water partition coefficient (Wildman–Crippen LogP) is 2.74. The highest BCUT2D eigenvalue weighted by Crippen LogP contribution is 2.29. The minimum Gasteiger partial charge on any atom is -0.493 e. The summed E-state index contributed by atoms with van der Waals surface area (Å²) in [6, 6.07) is 5.60. The summed E-state index contributed by atoms with van der Waals surface area (Å²) >= 11 is 1.49. The van der Waals surface area contributed by atoms with Gasteiger partial charge in [-0.1, -0.05) is 6.07 Å². The fraction of sp³-hybridized carbons (Fsp3) is 0.333. The Bertz CT molecular complexity index is 441. The molecule has 1 aromatic rings. The van der Waals surface area contributed by atoms with Crippen molar-refractivity contribution in [3.8, 4) is 11.5 Å². The average Bonchev–Trinajstić information content (AvgIpc) is 2.35. The van der Waals surface area contributed by atoms with Gasteiger partial charge in [-0.3, -0.25) is 4.21 Å². The highest BCUT2D eigenvalue weighted by atomic mass is 32.2. The van der Waals surface area contributed by atoms with Gasteiger partial charge in [0.2, 0.25) is 0 Å². The van der Waals surface area contributed by atoms with E-state index in [4.69, 9.17) is 9.47 Å². The molecule has 5 heteroatoms. The van der Waals surface area contributed by atoms with Gasteiger partial charge in [-0.2, -0.15) is 0 Å². The summed E-state index contributed by atoms with van der Waals surface area (Å²) in [6.07, 6.45) is 5.47. The number of hydrogen-bond acceptors (Lipinski definition) is 4. The van der Waals surface area contributed by atoms with Crippen LogP contribution in [-0.2, 0) is 10.8 Å². The number of methoxy groups -OCH3 is 2. The molecule has 1 rings (SSSR count). The maximum absolute atomic E-state index is 11.4. The fourth-order valence-electron chi connectivity index (χ4n) is 1.34. The summed E-state index contributed by atoms with van der Waals surface area (Å²) in [5.74, 6) is 1.36. The molecule has 3 nitrogen and oxygen atoms in total.